The number of anilines is 2. The number of amides is 2. The summed E-state index contributed by atoms with van der Waals surface area (Å²) in [6.45, 7) is 0.639. The van der Waals surface area contributed by atoms with Gasteiger partial charge in [0.2, 0.25) is 21.8 Å². The predicted octanol–water partition coefficient (Wildman–Crippen LogP) is 1.52. The van der Waals surface area contributed by atoms with Crippen LogP contribution in [0.15, 0.2) is 53.7 Å². The summed E-state index contributed by atoms with van der Waals surface area (Å²) in [6.07, 6.45) is 4.07. The second-order valence-corrected chi connectivity index (χ2v) is 7.85. The molecule has 1 aliphatic heterocycles. The second kappa shape index (κ2) is 8.28. The third kappa shape index (κ3) is 4.89. The van der Waals surface area contributed by atoms with E-state index in [9.17, 15) is 18.0 Å². The number of aromatic nitrogens is 1. The number of nitrogens with zero attached hydrogens (tertiary/aromatic N) is 2. The molecule has 2 aromatic rings. The number of pyridine rings is 1. The smallest absolute Gasteiger partial charge is 0.242 e. The van der Waals surface area contributed by atoms with Gasteiger partial charge in [0.05, 0.1) is 0 Å². The van der Waals surface area contributed by atoms with Gasteiger partial charge in [-0.3, -0.25) is 14.6 Å². The molecule has 1 aromatic heterocycles. The Bertz CT molecular complexity index is 931. The van der Waals surface area contributed by atoms with Crippen LogP contribution in [-0.4, -0.2) is 38.3 Å². The van der Waals surface area contributed by atoms with Crippen LogP contribution in [0.2, 0.25) is 0 Å². The standard InChI is InChI=1S/C18H20N4O4S/c23-17(8-10-20-27(25,26)16-6-2-9-19-13-16)21-14-4-1-5-15(12-14)22-11-3-7-18(22)24/h1-2,4-6,9,12-13,20H,3,7-8,10-11H2,(H,21,23). The zero-order valence-electron chi connectivity index (χ0n) is 14.6. The van der Waals surface area contributed by atoms with Gasteiger partial charge in [-0.15, -0.1) is 0 Å². The van der Waals surface area contributed by atoms with Crippen molar-refractivity contribution in [2.75, 3.05) is 23.3 Å². The molecule has 0 spiro atoms. The fourth-order valence-electron chi connectivity index (χ4n) is 2.78. The molecular weight excluding hydrogens is 368 g/mol. The Morgan fingerprint density at radius 3 is 2.78 bits per heavy atom. The van der Waals surface area contributed by atoms with Crippen LogP contribution in [0, 0.1) is 0 Å². The van der Waals surface area contributed by atoms with Crippen molar-refractivity contribution >= 4 is 33.2 Å². The van der Waals surface area contributed by atoms with Gasteiger partial charge in [0.15, 0.2) is 0 Å². The summed E-state index contributed by atoms with van der Waals surface area (Å²) in [7, 11) is -3.69. The average Bonchev–Trinajstić information content (AvgIpc) is 3.08. The molecule has 1 aromatic carbocycles. The van der Waals surface area contributed by atoms with Crippen LogP contribution in [0.1, 0.15) is 19.3 Å². The van der Waals surface area contributed by atoms with Crippen LogP contribution in [0.5, 0.6) is 0 Å². The van der Waals surface area contributed by atoms with Gasteiger partial charge in [0.1, 0.15) is 4.90 Å². The molecule has 2 amide bonds. The van der Waals surface area contributed by atoms with Crippen molar-refractivity contribution in [2.45, 2.75) is 24.2 Å². The molecule has 8 nitrogen and oxygen atoms in total. The highest BCUT2D eigenvalue weighted by Gasteiger charge is 2.21. The lowest BCUT2D eigenvalue weighted by molar-refractivity contribution is -0.117. The van der Waals surface area contributed by atoms with E-state index in [1.165, 1.54) is 24.5 Å². The highest BCUT2D eigenvalue weighted by atomic mass is 32.2. The third-order valence-electron chi connectivity index (χ3n) is 4.10. The molecular formula is C18H20N4O4S. The monoisotopic (exact) mass is 388 g/mol. The van der Waals surface area contributed by atoms with Crippen molar-refractivity contribution in [3.8, 4) is 0 Å². The minimum absolute atomic E-state index is 0.0215. The molecule has 0 saturated carbocycles. The van der Waals surface area contributed by atoms with Crippen molar-refractivity contribution in [1.29, 1.82) is 0 Å². The Kier molecular flexibility index (Phi) is 5.82. The Labute approximate surface area is 157 Å². The maximum absolute atomic E-state index is 12.1. The second-order valence-electron chi connectivity index (χ2n) is 6.08. The maximum atomic E-state index is 12.1. The minimum Gasteiger partial charge on any atom is -0.326 e. The first kappa shape index (κ1) is 19.0. The summed E-state index contributed by atoms with van der Waals surface area (Å²) >= 11 is 0. The van der Waals surface area contributed by atoms with Crippen LogP contribution < -0.4 is 14.9 Å². The molecule has 0 bridgehead atoms. The van der Waals surface area contributed by atoms with Gasteiger partial charge in [0.25, 0.3) is 0 Å². The molecule has 27 heavy (non-hydrogen) atoms. The Morgan fingerprint density at radius 2 is 2.07 bits per heavy atom. The number of carbonyl (C=O) groups excluding carboxylic acids is 2. The van der Waals surface area contributed by atoms with E-state index in [0.717, 1.165) is 12.1 Å². The highest BCUT2D eigenvalue weighted by molar-refractivity contribution is 7.89. The summed E-state index contributed by atoms with van der Waals surface area (Å²) in [6, 6.07) is 10.0. The lowest BCUT2D eigenvalue weighted by Gasteiger charge is -2.16. The highest BCUT2D eigenvalue weighted by Crippen LogP contribution is 2.24. The van der Waals surface area contributed by atoms with Crippen LogP contribution in [0.25, 0.3) is 0 Å². The van der Waals surface area contributed by atoms with E-state index in [2.05, 4.69) is 15.0 Å². The zero-order chi connectivity index (χ0) is 19.3. The van der Waals surface area contributed by atoms with Gasteiger partial charge < -0.3 is 10.2 Å². The quantitative estimate of drug-likeness (QED) is 0.747. The zero-order valence-corrected chi connectivity index (χ0v) is 15.4. The molecule has 0 aliphatic carbocycles. The summed E-state index contributed by atoms with van der Waals surface area (Å²) in [5.74, 6) is -0.253. The van der Waals surface area contributed by atoms with Gasteiger partial charge >= 0.3 is 0 Å². The van der Waals surface area contributed by atoms with Crippen LogP contribution in [-0.2, 0) is 19.6 Å². The summed E-state index contributed by atoms with van der Waals surface area (Å²) in [4.78, 5) is 29.4. The van der Waals surface area contributed by atoms with Crippen molar-refractivity contribution in [3.05, 3.63) is 48.8 Å². The van der Waals surface area contributed by atoms with E-state index in [4.69, 9.17) is 0 Å². The number of carbonyl (C=O) groups is 2. The number of nitrogens with one attached hydrogen (secondary N) is 2. The first-order valence-electron chi connectivity index (χ1n) is 8.56. The molecule has 1 fully saturated rings. The molecule has 3 rings (SSSR count). The molecule has 2 heterocycles. The first-order chi connectivity index (χ1) is 13.0. The summed E-state index contributed by atoms with van der Waals surface area (Å²) in [5, 5.41) is 2.72. The van der Waals surface area contributed by atoms with Gasteiger partial charge in [-0.05, 0) is 36.8 Å². The Hall–Kier alpha value is -2.78. The van der Waals surface area contributed by atoms with Crippen LogP contribution in [0.4, 0.5) is 11.4 Å². The number of sulfonamides is 1. The SMILES string of the molecule is O=C(CCNS(=O)(=O)c1cccnc1)Nc1cccc(N2CCCC2=O)c1. The topological polar surface area (TPSA) is 108 Å². The van der Waals surface area contributed by atoms with Crippen molar-refractivity contribution in [1.82, 2.24) is 9.71 Å². The number of rotatable bonds is 7. The Balaban J connectivity index is 1.53. The lowest BCUT2D eigenvalue weighted by atomic mass is 10.2. The van der Waals surface area contributed by atoms with Gasteiger partial charge in [0, 0.05) is 49.7 Å². The van der Waals surface area contributed by atoms with E-state index < -0.39 is 10.0 Å². The van der Waals surface area contributed by atoms with E-state index in [1.807, 2.05) is 6.07 Å². The largest absolute Gasteiger partial charge is 0.326 e. The fourth-order valence-corrected chi connectivity index (χ4v) is 3.78. The lowest BCUT2D eigenvalue weighted by Crippen LogP contribution is -2.28. The van der Waals surface area contributed by atoms with E-state index in [1.54, 1.807) is 23.1 Å². The van der Waals surface area contributed by atoms with Crippen molar-refractivity contribution in [2.24, 2.45) is 0 Å². The fraction of sp³-hybridized carbons (Fsp3) is 0.278. The Morgan fingerprint density at radius 1 is 1.22 bits per heavy atom. The van der Waals surface area contributed by atoms with E-state index >= 15 is 0 Å². The summed E-state index contributed by atoms with van der Waals surface area (Å²) in [5.41, 5.74) is 1.31. The first-order valence-corrected chi connectivity index (χ1v) is 10.0. The van der Waals surface area contributed by atoms with Gasteiger partial charge in [-0.1, -0.05) is 6.07 Å². The van der Waals surface area contributed by atoms with E-state index in [0.29, 0.717) is 18.7 Å². The molecule has 1 saturated heterocycles. The number of hydrogen-bond acceptors (Lipinski definition) is 5. The normalized spacial score (nSPS) is 14.4. The predicted molar refractivity (Wildman–Crippen MR) is 101 cm³/mol. The molecule has 0 unspecified atom stereocenters. The molecule has 0 radical (unpaired) electrons. The maximum Gasteiger partial charge on any atom is 0.242 e. The van der Waals surface area contributed by atoms with Crippen molar-refractivity contribution in [3.63, 3.8) is 0 Å². The number of benzene rings is 1. The van der Waals surface area contributed by atoms with E-state index in [-0.39, 0.29) is 29.7 Å². The van der Waals surface area contributed by atoms with Crippen LogP contribution in [0.3, 0.4) is 0 Å². The summed E-state index contributed by atoms with van der Waals surface area (Å²) < 4.78 is 26.5. The van der Waals surface area contributed by atoms with Crippen LogP contribution >= 0.6 is 0 Å². The minimum atomic E-state index is -3.69. The molecule has 0 atom stereocenters. The van der Waals surface area contributed by atoms with Crippen molar-refractivity contribution < 1.29 is 18.0 Å². The molecule has 142 valence electrons. The third-order valence-corrected chi connectivity index (χ3v) is 5.55. The molecule has 9 heteroatoms. The molecule has 1 aliphatic rings. The van der Waals surface area contributed by atoms with Gasteiger partial charge in [-0.25, -0.2) is 13.1 Å². The average molecular weight is 388 g/mol. The van der Waals surface area contributed by atoms with Gasteiger partial charge in [-0.2, -0.15) is 0 Å². The number of hydrogen-bond donors (Lipinski definition) is 2. The molecule has 2 N–H and O–H groups in total.